The zero-order chi connectivity index (χ0) is 15.0. The van der Waals surface area contributed by atoms with Gasteiger partial charge in [0.25, 0.3) is 0 Å². The van der Waals surface area contributed by atoms with Gasteiger partial charge in [-0.25, -0.2) is 4.39 Å². The normalized spacial score (nSPS) is 30.0. The number of aliphatic hydroxyl groups is 1. The summed E-state index contributed by atoms with van der Waals surface area (Å²) in [5.74, 6) is 0.326. The van der Waals surface area contributed by atoms with Crippen LogP contribution < -0.4 is 4.74 Å². The fraction of sp³-hybridized carbons (Fsp3) is 0.647. The lowest BCUT2D eigenvalue weighted by atomic mass is 9.83. The quantitative estimate of drug-likeness (QED) is 0.862. The maximum Gasteiger partial charge on any atom is 0.126 e. The van der Waals surface area contributed by atoms with Crippen LogP contribution in [0.4, 0.5) is 4.39 Å². The SMILES string of the molecule is CC(C)N1CCCC2(CC1)CC(O)c1cc(F)ccc1O2. The molecule has 2 atom stereocenters. The largest absolute Gasteiger partial charge is 0.487 e. The van der Waals surface area contributed by atoms with Gasteiger partial charge >= 0.3 is 0 Å². The Hall–Kier alpha value is -1.13. The van der Waals surface area contributed by atoms with Gasteiger partial charge in [-0.3, -0.25) is 0 Å². The third-order valence-electron chi connectivity index (χ3n) is 4.89. The number of hydrogen-bond acceptors (Lipinski definition) is 3. The van der Waals surface area contributed by atoms with E-state index in [0.29, 0.717) is 23.8 Å². The van der Waals surface area contributed by atoms with Crippen LogP contribution >= 0.6 is 0 Å². The van der Waals surface area contributed by atoms with Gasteiger partial charge in [-0.05, 0) is 57.9 Å². The molecule has 1 aromatic carbocycles. The molecule has 2 heterocycles. The smallest absolute Gasteiger partial charge is 0.126 e. The third kappa shape index (κ3) is 2.92. The molecule has 2 unspecified atom stereocenters. The summed E-state index contributed by atoms with van der Waals surface area (Å²) in [4.78, 5) is 2.46. The van der Waals surface area contributed by atoms with E-state index < -0.39 is 6.10 Å². The van der Waals surface area contributed by atoms with Crippen molar-refractivity contribution in [2.75, 3.05) is 13.1 Å². The molecule has 0 radical (unpaired) electrons. The predicted octanol–water partition coefficient (Wildman–Crippen LogP) is 3.27. The number of nitrogens with zero attached hydrogens (tertiary/aromatic N) is 1. The number of rotatable bonds is 1. The van der Waals surface area contributed by atoms with Crippen molar-refractivity contribution < 1.29 is 14.2 Å². The second-order valence-electron chi connectivity index (χ2n) is 6.67. The molecule has 0 aliphatic carbocycles. The molecule has 0 saturated carbocycles. The molecule has 1 N–H and O–H groups in total. The highest BCUT2D eigenvalue weighted by atomic mass is 19.1. The van der Waals surface area contributed by atoms with E-state index in [-0.39, 0.29) is 11.4 Å². The van der Waals surface area contributed by atoms with Gasteiger partial charge in [0.05, 0.1) is 6.10 Å². The summed E-state index contributed by atoms with van der Waals surface area (Å²) in [6, 6.07) is 4.99. The minimum absolute atomic E-state index is 0.298. The second-order valence-corrected chi connectivity index (χ2v) is 6.67. The van der Waals surface area contributed by atoms with Gasteiger partial charge in [-0.15, -0.1) is 0 Å². The van der Waals surface area contributed by atoms with E-state index in [4.69, 9.17) is 4.74 Å². The summed E-state index contributed by atoms with van der Waals surface area (Å²) in [6.07, 6.45) is 2.87. The van der Waals surface area contributed by atoms with E-state index in [1.165, 1.54) is 12.1 Å². The third-order valence-corrected chi connectivity index (χ3v) is 4.89. The summed E-state index contributed by atoms with van der Waals surface area (Å²) in [5.41, 5.74) is 0.291. The van der Waals surface area contributed by atoms with Crippen molar-refractivity contribution in [2.24, 2.45) is 0 Å². The molecule has 2 aliphatic heterocycles. The van der Waals surface area contributed by atoms with E-state index in [2.05, 4.69) is 18.7 Å². The maximum atomic E-state index is 13.3. The highest BCUT2D eigenvalue weighted by molar-refractivity contribution is 5.38. The first-order valence-corrected chi connectivity index (χ1v) is 7.90. The number of aliphatic hydroxyl groups excluding tert-OH is 1. The summed E-state index contributed by atoms with van der Waals surface area (Å²) in [5, 5.41) is 10.4. The molecule has 4 heteroatoms. The van der Waals surface area contributed by atoms with Gasteiger partial charge < -0.3 is 14.7 Å². The number of likely N-dealkylation sites (tertiary alicyclic amines) is 1. The Morgan fingerprint density at radius 2 is 2.14 bits per heavy atom. The van der Waals surface area contributed by atoms with Crippen LogP contribution in [0.15, 0.2) is 18.2 Å². The van der Waals surface area contributed by atoms with Crippen molar-refractivity contribution in [3.63, 3.8) is 0 Å². The van der Waals surface area contributed by atoms with Crippen molar-refractivity contribution in [1.29, 1.82) is 0 Å². The van der Waals surface area contributed by atoms with Gasteiger partial charge in [0.15, 0.2) is 0 Å². The van der Waals surface area contributed by atoms with Crippen LogP contribution in [0, 0.1) is 5.82 Å². The fourth-order valence-electron chi connectivity index (χ4n) is 3.62. The molecule has 3 rings (SSSR count). The first-order valence-electron chi connectivity index (χ1n) is 7.90. The van der Waals surface area contributed by atoms with Gasteiger partial charge in [-0.1, -0.05) is 0 Å². The van der Waals surface area contributed by atoms with Crippen LogP contribution in [0.1, 0.15) is 51.2 Å². The van der Waals surface area contributed by atoms with Crippen LogP contribution in [0.5, 0.6) is 5.75 Å². The minimum Gasteiger partial charge on any atom is -0.487 e. The van der Waals surface area contributed by atoms with Crippen LogP contribution in [-0.2, 0) is 0 Å². The second kappa shape index (κ2) is 5.58. The lowest BCUT2D eigenvalue weighted by molar-refractivity contribution is -0.0244. The van der Waals surface area contributed by atoms with Crippen molar-refractivity contribution in [1.82, 2.24) is 4.90 Å². The lowest BCUT2D eigenvalue weighted by Crippen LogP contribution is -2.42. The van der Waals surface area contributed by atoms with Gasteiger partial charge in [-0.2, -0.15) is 0 Å². The van der Waals surface area contributed by atoms with Crippen LogP contribution in [0.3, 0.4) is 0 Å². The molecular weight excluding hydrogens is 269 g/mol. The Balaban J connectivity index is 1.82. The predicted molar refractivity (Wildman–Crippen MR) is 79.9 cm³/mol. The molecule has 1 fully saturated rings. The van der Waals surface area contributed by atoms with E-state index in [1.54, 1.807) is 6.07 Å². The van der Waals surface area contributed by atoms with E-state index in [9.17, 15) is 9.50 Å². The zero-order valence-electron chi connectivity index (χ0n) is 12.8. The molecule has 0 aromatic heterocycles. The molecule has 1 aromatic rings. The molecule has 1 spiro atoms. The Bertz CT molecular complexity index is 520. The molecule has 0 amide bonds. The highest BCUT2D eigenvalue weighted by Crippen LogP contribution is 2.44. The summed E-state index contributed by atoms with van der Waals surface area (Å²) >= 11 is 0. The molecule has 3 nitrogen and oxygen atoms in total. The Kier molecular flexibility index (Phi) is 3.93. The summed E-state index contributed by atoms with van der Waals surface area (Å²) in [7, 11) is 0. The minimum atomic E-state index is -0.630. The van der Waals surface area contributed by atoms with E-state index >= 15 is 0 Å². The number of halogens is 1. The number of benzene rings is 1. The molecule has 2 aliphatic rings. The standard InChI is InChI=1S/C17H24FNO2/c1-12(2)19-8-3-6-17(7-9-19)11-15(20)14-10-13(18)4-5-16(14)21-17/h4-5,10,12,15,20H,3,6-9,11H2,1-2H3. The molecule has 21 heavy (non-hydrogen) atoms. The highest BCUT2D eigenvalue weighted by Gasteiger charge is 2.41. The molecule has 0 bridgehead atoms. The average Bonchev–Trinajstić information content (AvgIpc) is 2.63. The van der Waals surface area contributed by atoms with Crippen LogP contribution in [-0.4, -0.2) is 34.7 Å². The summed E-state index contributed by atoms with van der Waals surface area (Å²) < 4.78 is 19.6. The fourth-order valence-corrected chi connectivity index (χ4v) is 3.62. The van der Waals surface area contributed by atoms with Crippen LogP contribution in [0.25, 0.3) is 0 Å². The van der Waals surface area contributed by atoms with Gasteiger partial charge in [0.1, 0.15) is 17.2 Å². The lowest BCUT2D eigenvalue weighted by Gasteiger charge is -2.40. The number of hydrogen-bond donors (Lipinski definition) is 1. The number of ether oxygens (including phenoxy) is 1. The van der Waals surface area contributed by atoms with Crippen molar-refractivity contribution in [2.45, 2.75) is 57.3 Å². The van der Waals surface area contributed by atoms with E-state index in [0.717, 1.165) is 32.4 Å². The van der Waals surface area contributed by atoms with Crippen molar-refractivity contribution in [3.05, 3.63) is 29.6 Å². The maximum absolute atomic E-state index is 13.3. The number of fused-ring (bicyclic) bond motifs is 1. The Morgan fingerprint density at radius 1 is 1.33 bits per heavy atom. The molecule has 1 saturated heterocycles. The van der Waals surface area contributed by atoms with Crippen molar-refractivity contribution >= 4 is 0 Å². The van der Waals surface area contributed by atoms with Crippen LogP contribution in [0.2, 0.25) is 0 Å². The topological polar surface area (TPSA) is 32.7 Å². The Labute approximate surface area is 125 Å². The summed E-state index contributed by atoms with van der Waals surface area (Å²) in [6.45, 7) is 6.50. The van der Waals surface area contributed by atoms with E-state index in [1.807, 2.05) is 0 Å². The Morgan fingerprint density at radius 3 is 2.90 bits per heavy atom. The average molecular weight is 293 g/mol. The van der Waals surface area contributed by atoms with Gasteiger partial charge in [0, 0.05) is 24.6 Å². The molecular formula is C17H24FNO2. The van der Waals surface area contributed by atoms with Crippen molar-refractivity contribution in [3.8, 4) is 5.75 Å². The van der Waals surface area contributed by atoms with Gasteiger partial charge in [0.2, 0.25) is 0 Å². The zero-order valence-corrected chi connectivity index (χ0v) is 12.8. The first-order chi connectivity index (χ1) is 9.99. The molecule has 116 valence electrons. The first kappa shape index (κ1) is 14.8. The monoisotopic (exact) mass is 293 g/mol.